The second-order valence-electron chi connectivity index (χ2n) is 4.87. The van der Waals surface area contributed by atoms with Crippen LogP contribution in [0.1, 0.15) is 39.3 Å². The predicted octanol–water partition coefficient (Wildman–Crippen LogP) is 2.50. The van der Waals surface area contributed by atoms with Gasteiger partial charge < -0.3 is 9.84 Å². The molecule has 0 fully saturated rings. The Balaban J connectivity index is 2.17. The Hall–Kier alpha value is -1.72. The van der Waals surface area contributed by atoms with Gasteiger partial charge in [0.1, 0.15) is 10.6 Å². The number of rotatable bonds is 2. The van der Waals surface area contributed by atoms with Crippen molar-refractivity contribution in [1.82, 2.24) is 4.98 Å². The summed E-state index contributed by atoms with van der Waals surface area (Å²) in [5.41, 5.74) is 1.11. The van der Waals surface area contributed by atoms with E-state index in [1.807, 2.05) is 11.4 Å². The lowest BCUT2D eigenvalue weighted by Gasteiger charge is -2.33. The van der Waals surface area contributed by atoms with Crippen LogP contribution in [-0.2, 0) is 16.8 Å². The van der Waals surface area contributed by atoms with Gasteiger partial charge in [0.05, 0.1) is 12.7 Å². The standard InChI is InChI=1S/C15H15NO3S/c1-19-13(17)11-4-2-6-12-10(11)5-3-7-15(12,18)14-16-8-9-20-14/h2,4,6,8-9,18H,3,5,7H2,1H3/t15-/m1/s1. The molecule has 1 aromatic heterocycles. The fourth-order valence-electron chi connectivity index (χ4n) is 2.85. The topological polar surface area (TPSA) is 59.4 Å². The molecule has 104 valence electrons. The number of ether oxygens (including phenoxy) is 1. The average Bonchev–Trinajstić information content (AvgIpc) is 3.01. The summed E-state index contributed by atoms with van der Waals surface area (Å²) < 4.78 is 4.83. The fraction of sp³-hybridized carbons (Fsp3) is 0.333. The summed E-state index contributed by atoms with van der Waals surface area (Å²) in [4.78, 5) is 16.1. The van der Waals surface area contributed by atoms with Crippen LogP contribution >= 0.6 is 11.3 Å². The molecular weight excluding hydrogens is 274 g/mol. The molecule has 1 atom stereocenters. The van der Waals surface area contributed by atoms with Crippen molar-refractivity contribution in [3.05, 3.63) is 51.5 Å². The van der Waals surface area contributed by atoms with E-state index < -0.39 is 5.60 Å². The van der Waals surface area contributed by atoms with Crippen LogP contribution in [0.15, 0.2) is 29.8 Å². The summed E-state index contributed by atoms with van der Waals surface area (Å²) >= 11 is 1.43. The maximum Gasteiger partial charge on any atom is 0.338 e. The van der Waals surface area contributed by atoms with Crippen molar-refractivity contribution in [2.24, 2.45) is 0 Å². The zero-order chi connectivity index (χ0) is 14.2. The van der Waals surface area contributed by atoms with E-state index in [9.17, 15) is 9.90 Å². The summed E-state index contributed by atoms with van der Waals surface area (Å²) in [6.07, 6.45) is 3.90. The number of fused-ring (bicyclic) bond motifs is 1. The first-order valence-corrected chi connectivity index (χ1v) is 7.38. The Kier molecular flexibility index (Phi) is 3.31. The third-order valence-electron chi connectivity index (χ3n) is 3.78. The third kappa shape index (κ3) is 1.94. The number of carbonyl (C=O) groups is 1. The molecule has 0 unspecified atom stereocenters. The number of hydrogen-bond acceptors (Lipinski definition) is 5. The Morgan fingerprint density at radius 3 is 3.05 bits per heavy atom. The number of methoxy groups -OCH3 is 1. The minimum atomic E-state index is -1.09. The van der Waals surface area contributed by atoms with E-state index in [0.29, 0.717) is 17.0 Å². The Bertz CT molecular complexity index is 639. The van der Waals surface area contributed by atoms with Crippen LogP contribution in [-0.4, -0.2) is 23.2 Å². The summed E-state index contributed by atoms with van der Waals surface area (Å²) in [5.74, 6) is -0.356. The number of esters is 1. The molecule has 0 bridgehead atoms. The van der Waals surface area contributed by atoms with Gasteiger partial charge in [-0.3, -0.25) is 0 Å². The predicted molar refractivity (Wildman–Crippen MR) is 75.8 cm³/mol. The van der Waals surface area contributed by atoms with Gasteiger partial charge in [0.2, 0.25) is 0 Å². The van der Waals surface area contributed by atoms with E-state index in [1.165, 1.54) is 18.4 Å². The first-order valence-electron chi connectivity index (χ1n) is 6.50. The molecule has 0 amide bonds. The van der Waals surface area contributed by atoms with Crippen molar-refractivity contribution in [1.29, 1.82) is 0 Å². The van der Waals surface area contributed by atoms with E-state index in [0.717, 1.165) is 24.0 Å². The van der Waals surface area contributed by atoms with Gasteiger partial charge in [-0.05, 0) is 36.5 Å². The average molecular weight is 289 g/mol. The summed E-state index contributed by atoms with van der Waals surface area (Å²) in [6, 6.07) is 5.41. The van der Waals surface area contributed by atoms with Crippen molar-refractivity contribution in [3.63, 3.8) is 0 Å². The highest BCUT2D eigenvalue weighted by molar-refractivity contribution is 7.09. The maximum atomic E-state index is 11.9. The van der Waals surface area contributed by atoms with Crippen molar-refractivity contribution in [3.8, 4) is 0 Å². The van der Waals surface area contributed by atoms with Gasteiger partial charge in [-0.25, -0.2) is 9.78 Å². The molecule has 1 aliphatic rings. The zero-order valence-electron chi connectivity index (χ0n) is 11.1. The molecule has 0 saturated heterocycles. The van der Waals surface area contributed by atoms with Gasteiger partial charge in [0.15, 0.2) is 0 Å². The monoisotopic (exact) mass is 289 g/mol. The summed E-state index contributed by atoms with van der Waals surface area (Å²) in [5, 5.41) is 13.6. The molecule has 1 heterocycles. The second kappa shape index (κ2) is 5.00. The fourth-order valence-corrected chi connectivity index (χ4v) is 3.63. The summed E-state index contributed by atoms with van der Waals surface area (Å²) in [6.45, 7) is 0. The van der Waals surface area contributed by atoms with E-state index >= 15 is 0 Å². The van der Waals surface area contributed by atoms with Gasteiger partial charge in [0.25, 0.3) is 0 Å². The highest BCUT2D eigenvalue weighted by Gasteiger charge is 2.39. The van der Waals surface area contributed by atoms with Crippen LogP contribution in [0.2, 0.25) is 0 Å². The molecule has 3 rings (SSSR count). The zero-order valence-corrected chi connectivity index (χ0v) is 11.9. The molecule has 1 aliphatic carbocycles. The molecule has 0 radical (unpaired) electrons. The first-order chi connectivity index (χ1) is 9.66. The normalized spacial score (nSPS) is 21.3. The van der Waals surface area contributed by atoms with E-state index in [1.54, 1.807) is 18.3 Å². The molecule has 0 spiro atoms. The number of nitrogens with zero attached hydrogens (tertiary/aromatic N) is 1. The van der Waals surface area contributed by atoms with E-state index in [-0.39, 0.29) is 5.97 Å². The largest absolute Gasteiger partial charge is 0.465 e. The van der Waals surface area contributed by atoms with Gasteiger partial charge >= 0.3 is 5.97 Å². The number of carbonyl (C=O) groups excluding carboxylic acids is 1. The van der Waals surface area contributed by atoms with Crippen molar-refractivity contribution in [2.75, 3.05) is 7.11 Å². The molecule has 2 aromatic rings. The number of aliphatic hydroxyl groups is 1. The molecule has 4 nitrogen and oxygen atoms in total. The highest BCUT2D eigenvalue weighted by Crippen LogP contribution is 2.42. The van der Waals surface area contributed by atoms with Gasteiger partial charge in [0, 0.05) is 11.6 Å². The van der Waals surface area contributed by atoms with Gasteiger partial charge in [-0.15, -0.1) is 11.3 Å². The molecule has 1 aromatic carbocycles. The van der Waals surface area contributed by atoms with E-state index in [2.05, 4.69) is 4.98 Å². The van der Waals surface area contributed by atoms with Gasteiger partial charge in [-0.2, -0.15) is 0 Å². The van der Waals surface area contributed by atoms with Crippen molar-refractivity contribution >= 4 is 17.3 Å². The van der Waals surface area contributed by atoms with Crippen LogP contribution in [0, 0.1) is 0 Å². The van der Waals surface area contributed by atoms with Crippen molar-refractivity contribution in [2.45, 2.75) is 24.9 Å². The van der Waals surface area contributed by atoms with Crippen LogP contribution in [0.25, 0.3) is 0 Å². The Morgan fingerprint density at radius 2 is 2.35 bits per heavy atom. The highest BCUT2D eigenvalue weighted by atomic mass is 32.1. The third-order valence-corrected chi connectivity index (χ3v) is 4.70. The van der Waals surface area contributed by atoms with Crippen LogP contribution in [0.4, 0.5) is 0 Å². The Labute approximate surface area is 121 Å². The quantitative estimate of drug-likeness (QED) is 0.863. The molecule has 5 heteroatoms. The summed E-state index contributed by atoms with van der Waals surface area (Å²) in [7, 11) is 1.37. The molecule has 1 N–H and O–H groups in total. The minimum absolute atomic E-state index is 0.356. The number of aromatic nitrogens is 1. The first kappa shape index (κ1) is 13.3. The smallest absolute Gasteiger partial charge is 0.338 e. The SMILES string of the molecule is COC(=O)c1cccc2c1CCC[C@]2(O)c1nccs1. The maximum absolute atomic E-state index is 11.9. The lowest BCUT2D eigenvalue weighted by molar-refractivity contribution is 0.0569. The molecular formula is C15H15NO3S. The van der Waals surface area contributed by atoms with Crippen molar-refractivity contribution < 1.29 is 14.6 Å². The number of thiazole rings is 1. The van der Waals surface area contributed by atoms with Gasteiger partial charge in [-0.1, -0.05) is 12.1 Å². The molecule has 20 heavy (non-hydrogen) atoms. The second-order valence-corrected chi connectivity index (χ2v) is 5.77. The van der Waals surface area contributed by atoms with Crippen LogP contribution in [0.5, 0.6) is 0 Å². The van der Waals surface area contributed by atoms with Crippen LogP contribution < -0.4 is 0 Å². The molecule has 0 aliphatic heterocycles. The minimum Gasteiger partial charge on any atom is -0.465 e. The lowest BCUT2D eigenvalue weighted by Crippen LogP contribution is -2.32. The number of benzene rings is 1. The van der Waals surface area contributed by atoms with Crippen LogP contribution in [0.3, 0.4) is 0 Å². The number of hydrogen-bond donors (Lipinski definition) is 1. The van der Waals surface area contributed by atoms with E-state index in [4.69, 9.17) is 4.74 Å². The molecule has 0 saturated carbocycles. The Morgan fingerprint density at radius 1 is 1.50 bits per heavy atom. The lowest BCUT2D eigenvalue weighted by atomic mass is 9.77.